The number of pyridine rings is 1. The molecule has 0 aromatic carbocycles. The van der Waals surface area contributed by atoms with Gasteiger partial charge in [0.15, 0.2) is 5.65 Å². The summed E-state index contributed by atoms with van der Waals surface area (Å²) in [5.74, 6) is 0. The molecule has 0 unspecified atom stereocenters. The van der Waals surface area contributed by atoms with Gasteiger partial charge in [0.2, 0.25) is 0 Å². The normalized spacial score (nSPS) is 11.6. The molecule has 3 heterocycles. The van der Waals surface area contributed by atoms with Gasteiger partial charge in [0.05, 0.1) is 5.52 Å². The van der Waals surface area contributed by atoms with Crippen molar-refractivity contribution in [2.45, 2.75) is 6.92 Å². The summed E-state index contributed by atoms with van der Waals surface area (Å²) in [5, 5.41) is 5.36. The van der Waals surface area contributed by atoms with Crippen LogP contribution in [0.1, 0.15) is 5.69 Å². The quantitative estimate of drug-likeness (QED) is 0.581. The molecule has 3 aromatic rings. The SMILES string of the molecule is Cc1cc2c(ncc3c[nH]n(C)c32)n1. The maximum absolute atomic E-state index is 4.35. The predicted molar refractivity (Wildman–Crippen MR) is 55.1 cm³/mol. The van der Waals surface area contributed by atoms with Gasteiger partial charge in [0.1, 0.15) is 0 Å². The molecule has 0 atom stereocenters. The minimum absolute atomic E-state index is 0.824. The summed E-state index contributed by atoms with van der Waals surface area (Å²) in [6.07, 6.45) is 3.80. The Morgan fingerprint density at radius 1 is 1.43 bits per heavy atom. The molecule has 4 nitrogen and oxygen atoms in total. The van der Waals surface area contributed by atoms with Gasteiger partial charge in [0.25, 0.3) is 0 Å². The summed E-state index contributed by atoms with van der Waals surface area (Å²) in [6, 6.07) is 2.07. The molecule has 0 aliphatic rings. The van der Waals surface area contributed by atoms with Crippen molar-refractivity contribution in [1.29, 1.82) is 0 Å². The third-order valence-electron chi connectivity index (χ3n) is 2.48. The van der Waals surface area contributed by atoms with E-state index in [1.54, 1.807) is 0 Å². The Kier molecular flexibility index (Phi) is 1.27. The largest absolute Gasteiger partial charge is 0.305 e. The fraction of sp³-hybridized carbons (Fsp3) is 0.200. The van der Waals surface area contributed by atoms with E-state index in [2.05, 4.69) is 21.1 Å². The first-order valence-corrected chi connectivity index (χ1v) is 4.52. The van der Waals surface area contributed by atoms with Crippen LogP contribution < -0.4 is 0 Å². The van der Waals surface area contributed by atoms with Crippen LogP contribution in [0.2, 0.25) is 0 Å². The van der Waals surface area contributed by atoms with Crippen LogP contribution in [0.25, 0.3) is 21.9 Å². The summed E-state index contributed by atoms with van der Waals surface area (Å²) in [6.45, 7) is 1.99. The fourth-order valence-corrected chi connectivity index (χ4v) is 1.86. The number of aromatic amines is 1. The van der Waals surface area contributed by atoms with E-state index in [-0.39, 0.29) is 0 Å². The van der Waals surface area contributed by atoms with Gasteiger partial charge in [-0.15, -0.1) is 0 Å². The van der Waals surface area contributed by atoms with Gasteiger partial charge >= 0.3 is 0 Å². The summed E-state index contributed by atoms with van der Waals surface area (Å²) in [7, 11) is 1.99. The molecule has 0 aliphatic heterocycles. The van der Waals surface area contributed by atoms with Gasteiger partial charge in [-0.3, -0.25) is 4.68 Å². The predicted octanol–water partition coefficient (Wildman–Crippen LogP) is 1.76. The van der Waals surface area contributed by atoms with Crippen molar-refractivity contribution >= 4 is 21.9 Å². The molecule has 3 aromatic heterocycles. The maximum atomic E-state index is 4.35. The third-order valence-corrected chi connectivity index (χ3v) is 2.48. The Balaban J connectivity index is 2.64. The molecular weight excluding hydrogens is 176 g/mol. The second-order valence-corrected chi connectivity index (χ2v) is 3.53. The molecule has 0 saturated carbocycles. The molecule has 14 heavy (non-hydrogen) atoms. The first-order valence-electron chi connectivity index (χ1n) is 4.52. The van der Waals surface area contributed by atoms with E-state index in [1.807, 2.05) is 31.0 Å². The lowest BCUT2D eigenvalue weighted by Gasteiger charge is -1.95. The summed E-state index contributed by atoms with van der Waals surface area (Å²) in [5.41, 5.74) is 3.00. The number of rotatable bonds is 0. The van der Waals surface area contributed by atoms with Crippen molar-refractivity contribution in [1.82, 2.24) is 19.7 Å². The molecule has 0 amide bonds. The minimum atomic E-state index is 0.824. The average Bonchev–Trinajstić information content (AvgIpc) is 2.68. The highest BCUT2D eigenvalue weighted by molar-refractivity contribution is 6.02. The van der Waals surface area contributed by atoms with Gasteiger partial charge in [-0.05, 0) is 13.0 Å². The number of nitrogens with zero attached hydrogens (tertiary/aromatic N) is 3. The van der Waals surface area contributed by atoms with Gasteiger partial charge < -0.3 is 5.10 Å². The average molecular weight is 186 g/mol. The Morgan fingerprint density at radius 2 is 2.29 bits per heavy atom. The van der Waals surface area contributed by atoms with Crippen molar-refractivity contribution in [3.8, 4) is 0 Å². The summed E-state index contributed by atoms with van der Waals surface area (Å²) >= 11 is 0. The van der Waals surface area contributed by atoms with E-state index in [9.17, 15) is 0 Å². The molecule has 0 aliphatic carbocycles. The fourth-order valence-electron chi connectivity index (χ4n) is 1.86. The highest BCUT2D eigenvalue weighted by Crippen LogP contribution is 2.22. The monoisotopic (exact) mass is 186 g/mol. The van der Waals surface area contributed by atoms with Crippen LogP contribution in [0.5, 0.6) is 0 Å². The lowest BCUT2D eigenvalue weighted by molar-refractivity contribution is 0.799. The molecule has 0 bridgehead atoms. The number of hydrogen-bond donors (Lipinski definition) is 1. The molecule has 1 N–H and O–H groups in total. The van der Waals surface area contributed by atoms with E-state index < -0.39 is 0 Å². The van der Waals surface area contributed by atoms with Crippen LogP contribution in [-0.2, 0) is 7.05 Å². The van der Waals surface area contributed by atoms with Crippen LogP contribution in [0.15, 0.2) is 18.5 Å². The van der Waals surface area contributed by atoms with Crippen LogP contribution in [-0.4, -0.2) is 19.7 Å². The Bertz CT molecular complexity index is 617. The summed E-state index contributed by atoms with van der Waals surface area (Å²) < 4.78 is 1.99. The second-order valence-electron chi connectivity index (χ2n) is 3.53. The molecule has 4 heteroatoms. The number of fused-ring (bicyclic) bond motifs is 3. The summed E-state index contributed by atoms with van der Waals surface area (Å²) in [4.78, 5) is 8.64. The van der Waals surface area contributed by atoms with E-state index in [1.165, 1.54) is 0 Å². The van der Waals surface area contributed by atoms with Crippen molar-refractivity contribution in [3.63, 3.8) is 0 Å². The van der Waals surface area contributed by atoms with Gasteiger partial charge in [0, 0.05) is 35.9 Å². The van der Waals surface area contributed by atoms with Crippen LogP contribution in [0, 0.1) is 6.92 Å². The van der Waals surface area contributed by atoms with Crippen molar-refractivity contribution in [2.24, 2.45) is 7.05 Å². The standard InChI is InChI=1S/C10H10N4/c1-6-3-8-9-7(5-12-14(9)2)4-11-10(8)13-6/h3-5,12H,1-2H3. The second kappa shape index (κ2) is 2.35. The lowest BCUT2D eigenvalue weighted by Crippen LogP contribution is -1.89. The smallest absolute Gasteiger partial charge is 0.161 e. The molecule has 70 valence electrons. The van der Waals surface area contributed by atoms with Crippen molar-refractivity contribution in [2.75, 3.05) is 0 Å². The lowest BCUT2D eigenvalue weighted by atomic mass is 10.2. The Morgan fingerprint density at radius 3 is 3.14 bits per heavy atom. The zero-order valence-corrected chi connectivity index (χ0v) is 8.07. The first kappa shape index (κ1) is 7.55. The molecule has 0 spiro atoms. The number of hydrogen-bond acceptors (Lipinski definition) is 2. The van der Waals surface area contributed by atoms with Crippen molar-refractivity contribution in [3.05, 3.63) is 24.2 Å². The van der Waals surface area contributed by atoms with E-state index in [0.29, 0.717) is 0 Å². The minimum Gasteiger partial charge on any atom is -0.305 e. The van der Waals surface area contributed by atoms with Gasteiger partial charge in [-0.1, -0.05) is 0 Å². The number of H-pyrrole nitrogens is 1. The molecule has 0 saturated heterocycles. The van der Waals surface area contributed by atoms with Crippen molar-refractivity contribution < 1.29 is 0 Å². The molecule has 0 fully saturated rings. The topological polar surface area (TPSA) is 46.5 Å². The number of aryl methyl sites for hydroxylation is 2. The molecule has 3 rings (SSSR count). The van der Waals surface area contributed by atoms with Crippen LogP contribution in [0.4, 0.5) is 0 Å². The number of aromatic nitrogens is 4. The molecule has 0 radical (unpaired) electrons. The van der Waals surface area contributed by atoms with Gasteiger partial charge in [-0.25, -0.2) is 9.97 Å². The highest BCUT2D eigenvalue weighted by Gasteiger charge is 2.07. The van der Waals surface area contributed by atoms with Crippen LogP contribution in [0.3, 0.4) is 0 Å². The zero-order chi connectivity index (χ0) is 9.71. The number of nitrogens with one attached hydrogen (secondary N) is 1. The van der Waals surface area contributed by atoms with Crippen LogP contribution >= 0.6 is 0 Å². The third kappa shape index (κ3) is 0.824. The maximum Gasteiger partial charge on any atom is 0.161 e. The van der Waals surface area contributed by atoms with E-state index in [4.69, 9.17) is 0 Å². The van der Waals surface area contributed by atoms with E-state index >= 15 is 0 Å². The van der Waals surface area contributed by atoms with Gasteiger partial charge in [-0.2, -0.15) is 0 Å². The zero-order valence-electron chi connectivity index (χ0n) is 8.07. The Labute approximate surface area is 80.6 Å². The van der Waals surface area contributed by atoms with E-state index in [0.717, 1.165) is 27.6 Å². The first-order chi connectivity index (χ1) is 6.75. The highest BCUT2D eigenvalue weighted by atomic mass is 15.2. The molecular formula is C10H10N4. The Hall–Kier alpha value is -1.84.